The van der Waals surface area contributed by atoms with Crippen molar-refractivity contribution in [1.29, 1.82) is 0 Å². The Morgan fingerprint density at radius 1 is 1.31 bits per heavy atom. The Morgan fingerprint density at radius 3 is 2.31 bits per heavy atom. The minimum Gasteiger partial charge on any atom is -0.465 e. The third-order valence-electron chi connectivity index (χ3n) is 2.80. The Morgan fingerprint density at radius 2 is 1.85 bits per heavy atom. The summed E-state index contributed by atoms with van der Waals surface area (Å²) >= 11 is 0. The van der Waals surface area contributed by atoms with Crippen molar-refractivity contribution in [3.8, 4) is 0 Å². The molecule has 2 aliphatic heterocycles. The quantitative estimate of drug-likeness (QED) is 0.599. The monoisotopic (exact) mass is 206 g/mol. The van der Waals surface area contributed by atoms with E-state index in [9.17, 15) is 4.79 Å². The van der Waals surface area contributed by atoms with Gasteiger partial charge in [0.15, 0.2) is 0 Å². The summed E-state index contributed by atoms with van der Waals surface area (Å²) in [5, 5.41) is 14.5. The number of nitrogens with one attached hydrogen (secondary N) is 2. The van der Waals surface area contributed by atoms with Gasteiger partial charge in [0.1, 0.15) is 0 Å². The lowest BCUT2D eigenvalue weighted by Crippen LogP contribution is -2.47. The van der Waals surface area contributed by atoms with Crippen LogP contribution in [0.15, 0.2) is 0 Å². The third kappa shape index (κ3) is 2.48. The van der Waals surface area contributed by atoms with E-state index in [1.807, 2.05) is 0 Å². The zero-order valence-electron chi connectivity index (χ0n) is 7.32. The zero-order valence-corrected chi connectivity index (χ0v) is 8.14. The SMILES string of the molecule is Cl.O=C(O)NC1C[C@H]2CC[C@@H](C1)N2. The van der Waals surface area contributed by atoms with E-state index in [1.54, 1.807) is 0 Å². The first-order valence-electron chi connectivity index (χ1n) is 4.49. The van der Waals surface area contributed by atoms with Crippen molar-refractivity contribution in [2.75, 3.05) is 0 Å². The smallest absolute Gasteiger partial charge is 0.404 e. The lowest BCUT2D eigenvalue weighted by Gasteiger charge is -2.28. The summed E-state index contributed by atoms with van der Waals surface area (Å²) in [6.45, 7) is 0. The molecule has 0 aromatic rings. The van der Waals surface area contributed by atoms with Crippen molar-refractivity contribution < 1.29 is 9.90 Å². The average molecular weight is 207 g/mol. The van der Waals surface area contributed by atoms with Gasteiger partial charge in [-0.3, -0.25) is 0 Å². The number of piperidine rings is 1. The third-order valence-corrected chi connectivity index (χ3v) is 2.80. The van der Waals surface area contributed by atoms with Crippen LogP contribution in [0.5, 0.6) is 0 Å². The molecule has 4 nitrogen and oxygen atoms in total. The van der Waals surface area contributed by atoms with Crippen LogP contribution in [0, 0.1) is 0 Å². The molecule has 76 valence electrons. The number of carbonyl (C=O) groups is 1. The van der Waals surface area contributed by atoms with Gasteiger partial charge in [-0.25, -0.2) is 4.79 Å². The molecule has 5 heteroatoms. The van der Waals surface area contributed by atoms with Crippen LogP contribution >= 0.6 is 12.4 Å². The molecule has 1 unspecified atom stereocenters. The molecule has 3 N–H and O–H groups in total. The summed E-state index contributed by atoms with van der Waals surface area (Å²) in [7, 11) is 0. The first kappa shape index (κ1) is 10.6. The Balaban J connectivity index is 0.000000845. The van der Waals surface area contributed by atoms with Crippen LogP contribution in [-0.2, 0) is 0 Å². The second kappa shape index (κ2) is 4.15. The summed E-state index contributed by atoms with van der Waals surface area (Å²) in [4.78, 5) is 10.4. The number of amides is 1. The summed E-state index contributed by atoms with van der Waals surface area (Å²) in [5.74, 6) is 0. The Hall–Kier alpha value is -0.480. The first-order chi connectivity index (χ1) is 5.74. The molecule has 2 aliphatic rings. The molecule has 2 fully saturated rings. The maximum atomic E-state index is 10.4. The maximum absolute atomic E-state index is 10.4. The topological polar surface area (TPSA) is 61.4 Å². The van der Waals surface area contributed by atoms with Crippen LogP contribution < -0.4 is 10.6 Å². The van der Waals surface area contributed by atoms with Crippen LogP contribution in [0.1, 0.15) is 25.7 Å². The molecule has 2 heterocycles. The highest BCUT2D eigenvalue weighted by Gasteiger charge is 2.33. The number of halogens is 1. The lowest BCUT2D eigenvalue weighted by molar-refractivity contribution is 0.183. The maximum Gasteiger partial charge on any atom is 0.404 e. The number of hydrogen-bond donors (Lipinski definition) is 3. The van der Waals surface area contributed by atoms with E-state index < -0.39 is 6.09 Å². The molecule has 2 rings (SSSR count). The normalized spacial score (nSPS) is 36.5. The van der Waals surface area contributed by atoms with Crippen LogP contribution in [0.2, 0.25) is 0 Å². The number of hydrogen-bond acceptors (Lipinski definition) is 2. The first-order valence-corrected chi connectivity index (χ1v) is 4.49. The molecule has 0 spiro atoms. The van der Waals surface area contributed by atoms with Crippen LogP contribution in [0.25, 0.3) is 0 Å². The highest BCUT2D eigenvalue weighted by atomic mass is 35.5. The van der Waals surface area contributed by atoms with E-state index in [4.69, 9.17) is 5.11 Å². The highest BCUT2D eigenvalue weighted by molar-refractivity contribution is 5.85. The van der Waals surface area contributed by atoms with Crippen molar-refractivity contribution in [3.63, 3.8) is 0 Å². The zero-order chi connectivity index (χ0) is 8.55. The predicted octanol–water partition coefficient (Wildman–Crippen LogP) is 0.959. The molecule has 13 heavy (non-hydrogen) atoms. The highest BCUT2D eigenvalue weighted by Crippen LogP contribution is 2.26. The van der Waals surface area contributed by atoms with E-state index in [-0.39, 0.29) is 18.4 Å². The standard InChI is InChI=1S/C8H14N2O2.ClH/c11-8(12)10-7-3-5-1-2-6(4-7)9-5;/h5-7,9-10H,1-4H2,(H,11,12);1H/t5-,6+,7?;. The fourth-order valence-corrected chi connectivity index (χ4v) is 2.35. The van der Waals surface area contributed by atoms with Crippen molar-refractivity contribution in [1.82, 2.24) is 10.6 Å². The van der Waals surface area contributed by atoms with Gasteiger partial charge in [-0.05, 0) is 25.7 Å². The van der Waals surface area contributed by atoms with Crippen molar-refractivity contribution in [2.45, 2.75) is 43.8 Å². The van der Waals surface area contributed by atoms with E-state index in [0.717, 1.165) is 12.8 Å². The summed E-state index contributed by atoms with van der Waals surface area (Å²) in [5.41, 5.74) is 0. The lowest BCUT2D eigenvalue weighted by atomic mass is 10.0. The van der Waals surface area contributed by atoms with Gasteiger partial charge in [-0.2, -0.15) is 0 Å². The Bertz CT molecular complexity index is 189. The van der Waals surface area contributed by atoms with Gasteiger partial charge in [0.25, 0.3) is 0 Å². The van der Waals surface area contributed by atoms with Gasteiger partial charge in [0, 0.05) is 18.1 Å². The molecule has 1 amide bonds. The van der Waals surface area contributed by atoms with Gasteiger partial charge in [-0.15, -0.1) is 12.4 Å². The molecule has 2 saturated heterocycles. The average Bonchev–Trinajstić information content (AvgIpc) is 2.29. The van der Waals surface area contributed by atoms with Gasteiger partial charge in [0.05, 0.1) is 0 Å². The minimum absolute atomic E-state index is 0. The molecule has 0 radical (unpaired) electrons. The molecule has 2 bridgehead atoms. The summed E-state index contributed by atoms with van der Waals surface area (Å²) in [6.07, 6.45) is 3.46. The molecular formula is C8H15ClN2O2. The number of fused-ring (bicyclic) bond motifs is 2. The molecule has 0 aromatic carbocycles. The van der Waals surface area contributed by atoms with E-state index >= 15 is 0 Å². The number of rotatable bonds is 1. The molecular weight excluding hydrogens is 192 g/mol. The van der Waals surface area contributed by atoms with Crippen molar-refractivity contribution >= 4 is 18.5 Å². The van der Waals surface area contributed by atoms with Crippen LogP contribution in [-0.4, -0.2) is 29.3 Å². The van der Waals surface area contributed by atoms with Crippen LogP contribution in [0.3, 0.4) is 0 Å². The molecule has 0 saturated carbocycles. The van der Waals surface area contributed by atoms with E-state index in [0.29, 0.717) is 12.1 Å². The molecule has 0 aromatic heterocycles. The summed E-state index contributed by atoms with van der Waals surface area (Å²) in [6, 6.07) is 1.29. The second-order valence-electron chi connectivity index (χ2n) is 3.76. The predicted molar refractivity (Wildman–Crippen MR) is 51.4 cm³/mol. The van der Waals surface area contributed by atoms with Gasteiger partial charge < -0.3 is 15.7 Å². The van der Waals surface area contributed by atoms with Gasteiger partial charge in [-0.1, -0.05) is 0 Å². The minimum atomic E-state index is -0.888. The Labute approximate surface area is 83.5 Å². The molecule has 3 atom stereocenters. The fraction of sp³-hybridized carbons (Fsp3) is 0.875. The van der Waals surface area contributed by atoms with Gasteiger partial charge in [0.2, 0.25) is 0 Å². The second-order valence-corrected chi connectivity index (χ2v) is 3.76. The Kier molecular flexibility index (Phi) is 3.39. The van der Waals surface area contributed by atoms with Gasteiger partial charge >= 0.3 is 6.09 Å². The van der Waals surface area contributed by atoms with Crippen LogP contribution in [0.4, 0.5) is 4.79 Å². The van der Waals surface area contributed by atoms with E-state index in [2.05, 4.69) is 10.6 Å². The summed E-state index contributed by atoms with van der Waals surface area (Å²) < 4.78 is 0. The number of carboxylic acid groups (broad SMARTS) is 1. The van der Waals surface area contributed by atoms with Crippen molar-refractivity contribution in [2.24, 2.45) is 0 Å². The fourth-order valence-electron chi connectivity index (χ4n) is 2.35. The van der Waals surface area contributed by atoms with Crippen molar-refractivity contribution in [3.05, 3.63) is 0 Å². The van der Waals surface area contributed by atoms with E-state index in [1.165, 1.54) is 12.8 Å². The largest absolute Gasteiger partial charge is 0.465 e. The molecule has 0 aliphatic carbocycles.